The lowest BCUT2D eigenvalue weighted by atomic mass is 10.1. The first-order chi connectivity index (χ1) is 11.2. The summed E-state index contributed by atoms with van der Waals surface area (Å²) in [5.41, 5.74) is 1.56. The van der Waals surface area contributed by atoms with E-state index >= 15 is 0 Å². The smallest absolute Gasteiger partial charge is 0.339 e. The molecular formula is C19H21NO3. The van der Waals surface area contributed by atoms with Crippen molar-refractivity contribution in [3.63, 3.8) is 0 Å². The molecule has 2 aromatic rings. The van der Waals surface area contributed by atoms with Crippen LogP contribution in [0.25, 0.3) is 0 Å². The maximum atomic E-state index is 11.2. The second-order valence-corrected chi connectivity index (χ2v) is 5.88. The van der Waals surface area contributed by atoms with Crippen LogP contribution in [0.4, 0.5) is 0 Å². The number of hydrogen-bond acceptors (Lipinski definition) is 3. The number of ether oxygens (including phenoxy) is 1. The van der Waals surface area contributed by atoms with Crippen LogP contribution in [-0.2, 0) is 6.54 Å². The molecule has 4 heteroatoms. The number of para-hydroxylation sites is 1. The molecule has 0 saturated carbocycles. The van der Waals surface area contributed by atoms with Crippen LogP contribution in [0.5, 0.6) is 5.75 Å². The Balaban J connectivity index is 1.54. The molecule has 0 amide bonds. The Morgan fingerprint density at radius 2 is 1.70 bits per heavy atom. The summed E-state index contributed by atoms with van der Waals surface area (Å²) in [5.74, 6) is -0.469. The Bertz CT molecular complexity index is 649. The molecule has 0 aliphatic carbocycles. The zero-order chi connectivity index (χ0) is 16.1. The molecule has 1 heterocycles. The summed E-state index contributed by atoms with van der Waals surface area (Å²) in [6.45, 7) is 2.89. The van der Waals surface area contributed by atoms with Crippen molar-refractivity contribution in [2.45, 2.75) is 25.5 Å². The SMILES string of the molecule is O=C(O)c1ccccc1OC1CCN(Cc2ccccc2)CC1. The second kappa shape index (κ2) is 7.29. The lowest BCUT2D eigenvalue weighted by molar-refractivity contribution is 0.0675. The van der Waals surface area contributed by atoms with Crippen molar-refractivity contribution < 1.29 is 14.6 Å². The minimum atomic E-state index is -0.942. The number of nitrogens with zero attached hydrogens (tertiary/aromatic N) is 1. The highest BCUT2D eigenvalue weighted by Crippen LogP contribution is 2.23. The highest BCUT2D eigenvalue weighted by molar-refractivity contribution is 5.90. The van der Waals surface area contributed by atoms with Crippen LogP contribution in [0, 0.1) is 0 Å². The van der Waals surface area contributed by atoms with E-state index in [4.69, 9.17) is 4.74 Å². The standard InChI is InChI=1S/C19H21NO3/c21-19(22)17-8-4-5-9-18(17)23-16-10-12-20(13-11-16)14-15-6-2-1-3-7-15/h1-9,16H,10-14H2,(H,21,22). The van der Waals surface area contributed by atoms with Crippen LogP contribution in [0.1, 0.15) is 28.8 Å². The molecule has 1 fully saturated rings. The third kappa shape index (κ3) is 4.11. The van der Waals surface area contributed by atoms with E-state index in [1.54, 1.807) is 18.2 Å². The summed E-state index contributed by atoms with van der Waals surface area (Å²) in [6.07, 6.45) is 1.92. The Morgan fingerprint density at radius 1 is 1.04 bits per heavy atom. The number of carboxylic acids is 1. The number of aromatic carboxylic acids is 1. The highest BCUT2D eigenvalue weighted by atomic mass is 16.5. The average molecular weight is 311 g/mol. The van der Waals surface area contributed by atoms with Crippen LogP contribution < -0.4 is 4.74 Å². The van der Waals surface area contributed by atoms with Gasteiger partial charge in [-0.1, -0.05) is 42.5 Å². The molecule has 120 valence electrons. The number of carboxylic acid groups (broad SMARTS) is 1. The molecular weight excluding hydrogens is 290 g/mol. The van der Waals surface area contributed by atoms with Gasteiger partial charge in [-0.15, -0.1) is 0 Å². The van der Waals surface area contributed by atoms with Crippen molar-refractivity contribution in [2.75, 3.05) is 13.1 Å². The molecule has 4 nitrogen and oxygen atoms in total. The van der Waals surface area contributed by atoms with E-state index in [1.807, 2.05) is 12.1 Å². The molecule has 0 radical (unpaired) electrons. The molecule has 0 unspecified atom stereocenters. The van der Waals surface area contributed by atoms with Crippen LogP contribution in [0.15, 0.2) is 54.6 Å². The monoisotopic (exact) mass is 311 g/mol. The fourth-order valence-corrected chi connectivity index (χ4v) is 2.95. The third-order valence-electron chi connectivity index (χ3n) is 4.19. The van der Waals surface area contributed by atoms with Gasteiger partial charge in [0.1, 0.15) is 17.4 Å². The zero-order valence-corrected chi connectivity index (χ0v) is 13.0. The quantitative estimate of drug-likeness (QED) is 0.919. The predicted octanol–water partition coefficient (Wildman–Crippen LogP) is 3.43. The molecule has 1 saturated heterocycles. The maximum absolute atomic E-state index is 11.2. The number of hydrogen-bond donors (Lipinski definition) is 1. The largest absolute Gasteiger partial charge is 0.489 e. The average Bonchev–Trinajstić information content (AvgIpc) is 2.58. The minimum absolute atomic E-state index is 0.0857. The molecule has 0 aromatic heterocycles. The number of carbonyl (C=O) groups is 1. The van der Waals surface area contributed by atoms with Gasteiger partial charge in [0.2, 0.25) is 0 Å². The van der Waals surface area contributed by atoms with Crippen molar-refractivity contribution in [1.29, 1.82) is 0 Å². The molecule has 3 rings (SSSR count). The molecule has 0 bridgehead atoms. The van der Waals surface area contributed by atoms with Gasteiger partial charge >= 0.3 is 5.97 Å². The van der Waals surface area contributed by atoms with Gasteiger partial charge in [-0.25, -0.2) is 4.79 Å². The summed E-state index contributed by atoms with van der Waals surface area (Å²) in [6, 6.07) is 17.3. The molecule has 2 aromatic carbocycles. The molecule has 1 N–H and O–H groups in total. The van der Waals surface area contributed by atoms with Gasteiger partial charge in [-0.2, -0.15) is 0 Å². The van der Waals surface area contributed by atoms with Crippen molar-refractivity contribution in [3.8, 4) is 5.75 Å². The molecule has 1 aliphatic heterocycles. The lowest BCUT2D eigenvalue weighted by Gasteiger charge is -2.32. The van der Waals surface area contributed by atoms with Gasteiger partial charge in [0, 0.05) is 19.6 Å². The van der Waals surface area contributed by atoms with E-state index in [0.717, 1.165) is 32.5 Å². The highest BCUT2D eigenvalue weighted by Gasteiger charge is 2.22. The van der Waals surface area contributed by atoms with Crippen molar-refractivity contribution in [1.82, 2.24) is 4.90 Å². The molecule has 0 spiro atoms. The summed E-state index contributed by atoms with van der Waals surface area (Å²) < 4.78 is 5.94. The fraction of sp³-hybridized carbons (Fsp3) is 0.316. The first kappa shape index (κ1) is 15.6. The van der Waals surface area contributed by atoms with E-state index in [1.165, 1.54) is 5.56 Å². The van der Waals surface area contributed by atoms with Crippen LogP contribution in [0.2, 0.25) is 0 Å². The van der Waals surface area contributed by atoms with Crippen LogP contribution in [-0.4, -0.2) is 35.2 Å². The van der Waals surface area contributed by atoms with E-state index in [9.17, 15) is 9.90 Å². The molecule has 1 aliphatic rings. The summed E-state index contributed by atoms with van der Waals surface area (Å²) in [5, 5.41) is 9.21. The second-order valence-electron chi connectivity index (χ2n) is 5.88. The topological polar surface area (TPSA) is 49.8 Å². The Labute approximate surface area is 136 Å². The molecule has 0 atom stereocenters. The number of piperidine rings is 1. The van der Waals surface area contributed by atoms with Crippen LogP contribution in [0.3, 0.4) is 0 Å². The fourth-order valence-electron chi connectivity index (χ4n) is 2.95. The van der Waals surface area contributed by atoms with E-state index in [0.29, 0.717) is 5.75 Å². The predicted molar refractivity (Wildman–Crippen MR) is 88.8 cm³/mol. The Morgan fingerprint density at radius 3 is 2.39 bits per heavy atom. The van der Waals surface area contributed by atoms with Gasteiger partial charge in [-0.05, 0) is 30.5 Å². The normalized spacial score (nSPS) is 16.2. The van der Waals surface area contributed by atoms with E-state index in [2.05, 4.69) is 29.2 Å². The van der Waals surface area contributed by atoms with Gasteiger partial charge in [-0.3, -0.25) is 4.90 Å². The van der Waals surface area contributed by atoms with Gasteiger partial charge in [0.25, 0.3) is 0 Å². The van der Waals surface area contributed by atoms with Crippen molar-refractivity contribution >= 4 is 5.97 Å². The van der Waals surface area contributed by atoms with Crippen LogP contribution >= 0.6 is 0 Å². The van der Waals surface area contributed by atoms with E-state index in [-0.39, 0.29) is 11.7 Å². The summed E-state index contributed by atoms with van der Waals surface area (Å²) in [7, 11) is 0. The third-order valence-corrected chi connectivity index (χ3v) is 4.19. The number of likely N-dealkylation sites (tertiary alicyclic amines) is 1. The molecule has 23 heavy (non-hydrogen) atoms. The van der Waals surface area contributed by atoms with Crippen molar-refractivity contribution in [2.24, 2.45) is 0 Å². The minimum Gasteiger partial charge on any atom is -0.489 e. The van der Waals surface area contributed by atoms with Gasteiger partial charge in [0.05, 0.1) is 0 Å². The van der Waals surface area contributed by atoms with Gasteiger partial charge in [0.15, 0.2) is 0 Å². The van der Waals surface area contributed by atoms with Crippen molar-refractivity contribution in [3.05, 3.63) is 65.7 Å². The Hall–Kier alpha value is -2.33. The first-order valence-electron chi connectivity index (χ1n) is 7.97. The Kier molecular flexibility index (Phi) is 4.93. The van der Waals surface area contributed by atoms with Gasteiger partial charge < -0.3 is 9.84 Å². The summed E-state index contributed by atoms with van der Waals surface area (Å²) in [4.78, 5) is 13.6. The summed E-state index contributed by atoms with van der Waals surface area (Å²) >= 11 is 0. The van der Waals surface area contributed by atoms with E-state index < -0.39 is 5.97 Å². The number of benzene rings is 2. The first-order valence-corrected chi connectivity index (χ1v) is 7.97. The zero-order valence-electron chi connectivity index (χ0n) is 13.0. The number of rotatable bonds is 5. The maximum Gasteiger partial charge on any atom is 0.339 e. The lowest BCUT2D eigenvalue weighted by Crippen LogP contribution is -2.37.